The van der Waals surface area contributed by atoms with Gasteiger partial charge in [0.1, 0.15) is 20.3 Å². The van der Waals surface area contributed by atoms with Crippen LogP contribution in [0.15, 0.2) is 29.3 Å². The van der Waals surface area contributed by atoms with Gasteiger partial charge in [-0.25, -0.2) is 0 Å². The zero-order valence-electron chi connectivity index (χ0n) is 10.7. The Bertz CT molecular complexity index is 437. The van der Waals surface area contributed by atoms with Crippen LogP contribution in [0.3, 0.4) is 0 Å². The molecule has 3 rings (SSSR count). The molecule has 18 heavy (non-hydrogen) atoms. The Morgan fingerprint density at radius 1 is 1.28 bits per heavy atom. The van der Waals surface area contributed by atoms with Crippen LogP contribution in [0, 0.1) is 0 Å². The molecule has 0 fully saturated rings. The number of fused-ring (bicyclic) bond motifs is 1. The van der Waals surface area contributed by atoms with E-state index in [0.717, 1.165) is 17.3 Å². The lowest BCUT2D eigenvalue weighted by atomic mass is 9.98. The molecule has 0 aromatic heterocycles. The van der Waals surface area contributed by atoms with Gasteiger partial charge in [0.2, 0.25) is 0 Å². The number of amidine groups is 1. The van der Waals surface area contributed by atoms with Crippen molar-refractivity contribution >= 4 is 13.7 Å². The predicted octanol–water partition coefficient (Wildman–Crippen LogP) is 1.35. The zero-order valence-corrected chi connectivity index (χ0v) is 10.7. The van der Waals surface area contributed by atoms with Gasteiger partial charge in [0.15, 0.2) is 17.6 Å². The minimum absolute atomic E-state index is 0.101. The summed E-state index contributed by atoms with van der Waals surface area (Å²) in [6.45, 7) is 5.06. The molecule has 5 heteroatoms. The Balaban J connectivity index is 0.000000574. The van der Waals surface area contributed by atoms with Crippen LogP contribution in [0.2, 0.25) is 0 Å². The molecule has 0 saturated carbocycles. The van der Waals surface area contributed by atoms with Crippen molar-refractivity contribution in [3.63, 3.8) is 0 Å². The molecule has 2 radical (unpaired) electrons. The summed E-state index contributed by atoms with van der Waals surface area (Å²) in [5, 5.41) is 3.08. The maximum Gasteiger partial charge on any atom is 0.189 e. The van der Waals surface area contributed by atoms with Gasteiger partial charge in [0.05, 0.1) is 6.54 Å². The second kappa shape index (κ2) is 5.80. The lowest BCUT2D eigenvalue weighted by Crippen LogP contribution is -2.44. The van der Waals surface area contributed by atoms with Crippen LogP contribution in [0.1, 0.15) is 13.8 Å². The number of benzene rings is 1. The summed E-state index contributed by atoms with van der Waals surface area (Å²) in [7, 11) is 5.70. The van der Waals surface area contributed by atoms with Gasteiger partial charge in [-0.3, -0.25) is 4.99 Å². The Morgan fingerprint density at radius 2 is 2.00 bits per heavy atom. The Morgan fingerprint density at radius 3 is 2.67 bits per heavy atom. The lowest BCUT2D eigenvalue weighted by molar-refractivity contribution is 0.133. The summed E-state index contributed by atoms with van der Waals surface area (Å²) in [5.74, 6) is 2.21. The number of ether oxygens (including phenoxy) is 2. The molecule has 0 aliphatic carbocycles. The van der Waals surface area contributed by atoms with Crippen molar-refractivity contribution in [2.45, 2.75) is 25.9 Å². The van der Waals surface area contributed by atoms with E-state index in [4.69, 9.17) is 17.3 Å². The maximum atomic E-state index is 5.79. The minimum atomic E-state index is -0.177. The summed E-state index contributed by atoms with van der Waals surface area (Å²) < 4.78 is 11.4. The van der Waals surface area contributed by atoms with Crippen LogP contribution in [-0.2, 0) is 0 Å². The van der Waals surface area contributed by atoms with Crippen molar-refractivity contribution in [2.75, 3.05) is 13.2 Å². The van der Waals surface area contributed by atoms with Gasteiger partial charge in [-0.2, -0.15) is 0 Å². The first-order valence-corrected chi connectivity index (χ1v) is 6.28. The van der Waals surface area contributed by atoms with E-state index in [1.54, 1.807) is 0 Å². The molecular weight excluding hydrogens is 227 g/mol. The molecule has 2 atom stereocenters. The highest BCUT2D eigenvalue weighted by atomic mass is 16.6. The average molecular weight is 244 g/mol. The summed E-state index contributed by atoms with van der Waals surface area (Å²) in [6.07, 6.45) is -0.177. The first kappa shape index (κ1) is 12.8. The molecule has 1 N–H and O–H groups in total. The number of hydrogen-bond acceptors (Lipinski definition) is 4. The molecule has 2 aliphatic rings. The molecule has 0 saturated heterocycles. The van der Waals surface area contributed by atoms with Crippen molar-refractivity contribution in [3.05, 3.63) is 24.3 Å². The summed E-state index contributed by atoms with van der Waals surface area (Å²) in [4.78, 5) is 4.29. The zero-order chi connectivity index (χ0) is 13.0. The molecule has 0 bridgehead atoms. The Hall–Kier alpha value is -1.65. The van der Waals surface area contributed by atoms with Gasteiger partial charge in [0.25, 0.3) is 0 Å². The highest BCUT2D eigenvalue weighted by molar-refractivity contribution is 6.14. The fourth-order valence-electron chi connectivity index (χ4n) is 1.83. The third kappa shape index (κ3) is 2.60. The van der Waals surface area contributed by atoms with E-state index in [-0.39, 0.29) is 12.0 Å². The molecular formula is C13H17BN2O2. The average Bonchev–Trinajstić information content (AvgIpc) is 2.87. The van der Waals surface area contributed by atoms with Gasteiger partial charge in [0, 0.05) is 5.94 Å². The number of para-hydroxylation sites is 2. The quantitative estimate of drug-likeness (QED) is 0.758. The SMILES string of the molecule is CC.[B]C1CN=C(C2COc3ccccc3O2)N1. The maximum absolute atomic E-state index is 5.79. The van der Waals surface area contributed by atoms with Gasteiger partial charge < -0.3 is 14.8 Å². The number of aliphatic imine (C=N–C) groups is 1. The topological polar surface area (TPSA) is 42.9 Å². The molecule has 2 unspecified atom stereocenters. The van der Waals surface area contributed by atoms with Crippen LogP contribution in [0.5, 0.6) is 11.5 Å². The fourth-order valence-corrected chi connectivity index (χ4v) is 1.83. The number of nitrogens with zero attached hydrogens (tertiary/aromatic N) is 1. The van der Waals surface area contributed by atoms with E-state index in [2.05, 4.69) is 10.3 Å². The molecule has 94 valence electrons. The number of rotatable bonds is 1. The fraction of sp³-hybridized carbons (Fsp3) is 0.462. The Labute approximate surface area is 109 Å². The molecule has 2 heterocycles. The second-order valence-corrected chi connectivity index (χ2v) is 3.84. The van der Waals surface area contributed by atoms with E-state index in [1.807, 2.05) is 38.1 Å². The predicted molar refractivity (Wildman–Crippen MR) is 72.7 cm³/mol. The van der Waals surface area contributed by atoms with E-state index < -0.39 is 0 Å². The van der Waals surface area contributed by atoms with Crippen LogP contribution in [-0.4, -0.2) is 38.9 Å². The number of hydrogen-bond donors (Lipinski definition) is 1. The van der Waals surface area contributed by atoms with Crippen molar-refractivity contribution in [1.29, 1.82) is 0 Å². The summed E-state index contributed by atoms with van der Waals surface area (Å²) in [5.41, 5.74) is 0. The van der Waals surface area contributed by atoms with Gasteiger partial charge in [-0.15, -0.1) is 0 Å². The van der Waals surface area contributed by atoms with Gasteiger partial charge in [-0.05, 0) is 12.1 Å². The largest absolute Gasteiger partial charge is 0.485 e. The number of nitrogens with one attached hydrogen (secondary N) is 1. The molecule has 0 amide bonds. The molecule has 4 nitrogen and oxygen atoms in total. The third-order valence-corrected chi connectivity index (χ3v) is 2.61. The first-order valence-electron chi connectivity index (χ1n) is 6.28. The smallest absolute Gasteiger partial charge is 0.189 e. The molecule has 1 aromatic rings. The van der Waals surface area contributed by atoms with Crippen molar-refractivity contribution in [1.82, 2.24) is 5.32 Å². The first-order chi connectivity index (χ1) is 8.83. The van der Waals surface area contributed by atoms with Crippen LogP contribution < -0.4 is 14.8 Å². The molecule has 0 spiro atoms. The van der Waals surface area contributed by atoms with E-state index in [0.29, 0.717) is 13.2 Å². The lowest BCUT2D eigenvalue weighted by Gasteiger charge is -2.26. The van der Waals surface area contributed by atoms with Gasteiger partial charge >= 0.3 is 0 Å². The molecule has 2 aliphatic heterocycles. The monoisotopic (exact) mass is 244 g/mol. The molecule has 1 aromatic carbocycles. The summed E-state index contributed by atoms with van der Waals surface area (Å²) >= 11 is 0. The normalized spacial score (nSPS) is 24.4. The van der Waals surface area contributed by atoms with Gasteiger partial charge in [-0.1, -0.05) is 26.0 Å². The van der Waals surface area contributed by atoms with Crippen molar-refractivity contribution in [3.8, 4) is 11.5 Å². The van der Waals surface area contributed by atoms with Crippen LogP contribution >= 0.6 is 0 Å². The second-order valence-electron chi connectivity index (χ2n) is 3.84. The van der Waals surface area contributed by atoms with E-state index in [9.17, 15) is 0 Å². The van der Waals surface area contributed by atoms with Crippen LogP contribution in [0.25, 0.3) is 0 Å². The van der Waals surface area contributed by atoms with E-state index in [1.165, 1.54) is 0 Å². The van der Waals surface area contributed by atoms with Crippen molar-refractivity contribution < 1.29 is 9.47 Å². The van der Waals surface area contributed by atoms with Crippen molar-refractivity contribution in [2.24, 2.45) is 4.99 Å². The third-order valence-electron chi connectivity index (χ3n) is 2.61. The van der Waals surface area contributed by atoms with Crippen LogP contribution in [0.4, 0.5) is 0 Å². The highest BCUT2D eigenvalue weighted by Gasteiger charge is 2.28. The van der Waals surface area contributed by atoms with E-state index >= 15 is 0 Å². The Kier molecular flexibility index (Phi) is 4.13. The minimum Gasteiger partial charge on any atom is -0.485 e. The highest BCUT2D eigenvalue weighted by Crippen LogP contribution is 2.31. The standard InChI is InChI=1S/C11H11BN2O2.C2H6/c12-10-5-13-11(14-10)9-6-15-7-3-1-2-4-8(7)16-9;1-2/h1-4,9-10H,5-6H2,(H,13,14);1-2H3. The summed E-state index contributed by atoms with van der Waals surface area (Å²) in [6, 6.07) is 7.61.